The normalized spacial score (nSPS) is 27.9. The van der Waals surface area contributed by atoms with E-state index in [1.807, 2.05) is 27.7 Å². The molecule has 1 saturated heterocycles. The van der Waals surface area contributed by atoms with Gasteiger partial charge in [0.1, 0.15) is 0 Å². The van der Waals surface area contributed by atoms with Crippen molar-refractivity contribution in [3.63, 3.8) is 0 Å². The van der Waals surface area contributed by atoms with E-state index in [4.69, 9.17) is 0 Å². The maximum atomic E-state index is 3.47. The third kappa shape index (κ3) is 8.26. The van der Waals surface area contributed by atoms with Gasteiger partial charge in [0.25, 0.3) is 0 Å². The van der Waals surface area contributed by atoms with E-state index in [-0.39, 0.29) is 0 Å². The molecule has 0 bridgehead atoms. The van der Waals surface area contributed by atoms with E-state index in [0.29, 0.717) is 12.1 Å². The van der Waals surface area contributed by atoms with Gasteiger partial charge in [0.2, 0.25) is 0 Å². The van der Waals surface area contributed by atoms with Gasteiger partial charge in [-0.25, -0.2) is 0 Å². The summed E-state index contributed by atoms with van der Waals surface area (Å²) in [5, 5.41) is 3.47. The maximum absolute atomic E-state index is 3.47. The van der Waals surface area contributed by atoms with Crippen molar-refractivity contribution >= 4 is 0 Å². The molecular weight excluding hydrogens is 160 g/mol. The highest BCUT2D eigenvalue weighted by molar-refractivity contribution is 4.78. The molecule has 0 spiro atoms. The largest absolute Gasteiger partial charge is 0.309 e. The Hall–Kier alpha value is -0.0800. The van der Waals surface area contributed by atoms with E-state index in [1.54, 1.807) is 0 Å². The number of hydrogen-bond acceptors (Lipinski definition) is 2. The van der Waals surface area contributed by atoms with Gasteiger partial charge in [0.15, 0.2) is 0 Å². The molecular formula is C11H28N2. The molecule has 13 heavy (non-hydrogen) atoms. The quantitative estimate of drug-likeness (QED) is 0.628. The number of nitrogens with zero attached hydrogens (tertiary/aromatic N) is 1. The lowest BCUT2D eigenvalue weighted by molar-refractivity contribution is 0.208. The number of nitrogens with one attached hydrogen (secondary N) is 1. The number of piperazine rings is 1. The van der Waals surface area contributed by atoms with Crippen LogP contribution in [0.1, 0.15) is 41.5 Å². The Balaban J connectivity index is 0. The zero-order valence-corrected chi connectivity index (χ0v) is 10.5. The molecule has 2 atom stereocenters. The molecule has 1 rings (SSSR count). The minimum atomic E-state index is 0.666. The van der Waals surface area contributed by atoms with Crippen molar-refractivity contribution in [2.24, 2.45) is 0 Å². The van der Waals surface area contributed by atoms with Crippen molar-refractivity contribution in [2.45, 2.75) is 53.6 Å². The molecule has 0 amide bonds. The molecule has 0 aliphatic carbocycles. The Morgan fingerprint density at radius 2 is 1.23 bits per heavy atom. The van der Waals surface area contributed by atoms with E-state index in [2.05, 4.69) is 31.1 Å². The molecule has 0 radical (unpaired) electrons. The van der Waals surface area contributed by atoms with Crippen LogP contribution in [0.2, 0.25) is 0 Å². The van der Waals surface area contributed by atoms with Gasteiger partial charge in [-0.2, -0.15) is 0 Å². The van der Waals surface area contributed by atoms with Gasteiger partial charge in [0, 0.05) is 25.2 Å². The van der Waals surface area contributed by atoms with E-state index in [9.17, 15) is 0 Å². The van der Waals surface area contributed by atoms with Crippen LogP contribution in [0.15, 0.2) is 0 Å². The Kier molecular flexibility index (Phi) is 11.8. The minimum absolute atomic E-state index is 0.666. The average molecular weight is 188 g/mol. The molecule has 82 valence electrons. The highest BCUT2D eigenvalue weighted by Gasteiger charge is 2.16. The van der Waals surface area contributed by atoms with Crippen molar-refractivity contribution in [3.8, 4) is 0 Å². The second-order valence-corrected chi connectivity index (χ2v) is 3.19. The van der Waals surface area contributed by atoms with Crippen molar-refractivity contribution in [1.29, 1.82) is 0 Å². The van der Waals surface area contributed by atoms with Crippen molar-refractivity contribution in [3.05, 3.63) is 0 Å². The number of likely N-dealkylation sites (N-methyl/N-ethyl adjacent to an activating group) is 1. The fraction of sp³-hybridized carbons (Fsp3) is 1.00. The molecule has 1 heterocycles. The van der Waals surface area contributed by atoms with Crippen LogP contribution in [-0.2, 0) is 0 Å². The average Bonchev–Trinajstić information content (AvgIpc) is 2.09. The van der Waals surface area contributed by atoms with Crippen LogP contribution in [0.25, 0.3) is 0 Å². The SMILES string of the molecule is CC.CC.CC1CN(C)CC(C)N1. The molecule has 2 nitrogen and oxygen atoms in total. The second-order valence-electron chi connectivity index (χ2n) is 3.19. The van der Waals surface area contributed by atoms with Gasteiger partial charge in [-0.1, -0.05) is 27.7 Å². The van der Waals surface area contributed by atoms with Crippen LogP contribution in [0, 0.1) is 0 Å². The molecule has 0 saturated carbocycles. The predicted molar refractivity (Wildman–Crippen MR) is 62.3 cm³/mol. The summed E-state index contributed by atoms with van der Waals surface area (Å²) in [7, 11) is 2.17. The molecule has 1 fully saturated rings. The Morgan fingerprint density at radius 1 is 0.923 bits per heavy atom. The second kappa shape index (κ2) is 10.0. The lowest BCUT2D eigenvalue weighted by Crippen LogP contribution is -2.52. The standard InChI is InChI=1S/C7H16N2.2C2H6/c1-6-4-9(3)5-7(2)8-6;2*1-2/h6-8H,4-5H2,1-3H3;2*1-2H3. The van der Waals surface area contributed by atoms with Gasteiger partial charge in [0.05, 0.1) is 0 Å². The molecule has 0 aromatic carbocycles. The fourth-order valence-corrected chi connectivity index (χ4v) is 1.60. The highest BCUT2D eigenvalue weighted by atomic mass is 15.2. The van der Waals surface area contributed by atoms with Crippen molar-refractivity contribution in [2.75, 3.05) is 20.1 Å². The van der Waals surface area contributed by atoms with Gasteiger partial charge < -0.3 is 10.2 Å². The molecule has 1 N–H and O–H groups in total. The van der Waals surface area contributed by atoms with Crippen molar-refractivity contribution < 1.29 is 0 Å². The lowest BCUT2D eigenvalue weighted by atomic mass is 10.2. The van der Waals surface area contributed by atoms with Crippen LogP contribution in [0.5, 0.6) is 0 Å². The molecule has 1 aliphatic heterocycles. The predicted octanol–water partition coefficient (Wildman–Crippen LogP) is 2.35. The first-order chi connectivity index (χ1) is 6.18. The first-order valence-corrected chi connectivity index (χ1v) is 5.63. The smallest absolute Gasteiger partial charge is 0.0169 e. The summed E-state index contributed by atoms with van der Waals surface area (Å²) in [4.78, 5) is 2.37. The summed E-state index contributed by atoms with van der Waals surface area (Å²) >= 11 is 0. The van der Waals surface area contributed by atoms with E-state index in [0.717, 1.165) is 0 Å². The summed E-state index contributed by atoms with van der Waals surface area (Å²) < 4.78 is 0. The summed E-state index contributed by atoms with van der Waals surface area (Å²) in [6, 6.07) is 1.33. The van der Waals surface area contributed by atoms with Crippen molar-refractivity contribution in [1.82, 2.24) is 10.2 Å². The molecule has 1 aliphatic rings. The monoisotopic (exact) mass is 188 g/mol. The fourth-order valence-electron chi connectivity index (χ4n) is 1.60. The molecule has 0 aromatic rings. The Morgan fingerprint density at radius 3 is 1.46 bits per heavy atom. The Bertz CT molecular complexity index is 69.1. The number of hydrogen-bond donors (Lipinski definition) is 1. The van der Waals surface area contributed by atoms with Crippen LogP contribution < -0.4 is 5.32 Å². The van der Waals surface area contributed by atoms with E-state index < -0.39 is 0 Å². The third-order valence-corrected chi connectivity index (χ3v) is 1.74. The molecule has 0 aromatic heterocycles. The van der Waals surface area contributed by atoms with Crippen LogP contribution in [0.3, 0.4) is 0 Å². The highest BCUT2D eigenvalue weighted by Crippen LogP contribution is 1.99. The van der Waals surface area contributed by atoms with Gasteiger partial charge in [-0.05, 0) is 20.9 Å². The van der Waals surface area contributed by atoms with Gasteiger partial charge in [-0.15, -0.1) is 0 Å². The third-order valence-electron chi connectivity index (χ3n) is 1.74. The van der Waals surface area contributed by atoms with Gasteiger partial charge >= 0.3 is 0 Å². The van der Waals surface area contributed by atoms with Crippen LogP contribution in [0.4, 0.5) is 0 Å². The number of rotatable bonds is 0. The van der Waals surface area contributed by atoms with Crippen LogP contribution >= 0.6 is 0 Å². The first-order valence-electron chi connectivity index (χ1n) is 5.63. The zero-order chi connectivity index (χ0) is 10.9. The zero-order valence-electron chi connectivity index (χ0n) is 10.5. The molecule has 2 unspecified atom stereocenters. The Labute approximate surface area is 84.7 Å². The first kappa shape index (κ1) is 15.4. The topological polar surface area (TPSA) is 15.3 Å². The molecule has 2 heteroatoms. The lowest BCUT2D eigenvalue weighted by Gasteiger charge is -2.33. The van der Waals surface area contributed by atoms with Crippen LogP contribution in [-0.4, -0.2) is 37.1 Å². The maximum Gasteiger partial charge on any atom is 0.0169 e. The van der Waals surface area contributed by atoms with Gasteiger partial charge in [-0.3, -0.25) is 0 Å². The summed E-state index contributed by atoms with van der Waals surface area (Å²) in [5.41, 5.74) is 0. The van der Waals surface area contributed by atoms with E-state index in [1.165, 1.54) is 13.1 Å². The minimum Gasteiger partial charge on any atom is -0.309 e. The summed E-state index contributed by atoms with van der Waals surface area (Å²) in [6.07, 6.45) is 0. The summed E-state index contributed by atoms with van der Waals surface area (Å²) in [5.74, 6) is 0. The van der Waals surface area contributed by atoms with E-state index >= 15 is 0 Å². The summed E-state index contributed by atoms with van der Waals surface area (Å²) in [6.45, 7) is 14.8.